The number of benzene rings is 1. The van der Waals surface area contributed by atoms with E-state index in [4.69, 9.17) is 0 Å². The van der Waals surface area contributed by atoms with E-state index in [0.29, 0.717) is 18.9 Å². The standard InChI is InChI=1S/C20H21F3N4/c21-20(22,23)18-6-3-7-19(25-18)27-12-10-26(11-13-27)9-8-15-14-24-17-5-2-1-4-16(15)17/h1-7,14,24H,8-13H2. The molecule has 0 unspecified atom stereocenters. The predicted octanol–water partition coefficient (Wildman–Crippen LogP) is 3.95. The van der Waals surface area contributed by atoms with E-state index in [-0.39, 0.29) is 0 Å². The fourth-order valence-electron chi connectivity index (χ4n) is 3.57. The number of aromatic amines is 1. The molecule has 142 valence electrons. The van der Waals surface area contributed by atoms with Crippen LogP contribution in [0.2, 0.25) is 0 Å². The largest absolute Gasteiger partial charge is 0.433 e. The summed E-state index contributed by atoms with van der Waals surface area (Å²) < 4.78 is 38.6. The first-order chi connectivity index (χ1) is 13.0. The lowest BCUT2D eigenvalue weighted by atomic mass is 10.1. The number of halogens is 3. The molecule has 0 aliphatic carbocycles. The Kier molecular flexibility index (Phi) is 4.78. The fourth-order valence-corrected chi connectivity index (χ4v) is 3.57. The number of para-hydroxylation sites is 1. The number of aromatic nitrogens is 2. The number of alkyl halides is 3. The van der Waals surface area contributed by atoms with Gasteiger partial charge in [0.25, 0.3) is 0 Å². The first-order valence-electron chi connectivity index (χ1n) is 9.07. The van der Waals surface area contributed by atoms with Gasteiger partial charge in [-0.3, -0.25) is 4.90 Å². The van der Waals surface area contributed by atoms with Gasteiger partial charge in [0.1, 0.15) is 11.5 Å². The maximum absolute atomic E-state index is 12.9. The molecule has 1 aliphatic heterocycles. The Morgan fingerprint density at radius 3 is 2.52 bits per heavy atom. The highest BCUT2D eigenvalue weighted by Gasteiger charge is 2.33. The molecule has 3 aromatic rings. The summed E-state index contributed by atoms with van der Waals surface area (Å²) in [5, 5.41) is 1.25. The van der Waals surface area contributed by atoms with Crippen molar-refractivity contribution in [2.75, 3.05) is 37.6 Å². The van der Waals surface area contributed by atoms with Crippen LogP contribution < -0.4 is 4.90 Å². The van der Waals surface area contributed by atoms with E-state index in [9.17, 15) is 13.2 Å². The van der Waals surface area contributed by atoms with Crippen LogP contribution in [0, 0.1) is 0 Å². The Morgan fingerprint density at radius 1 is 0.963 bits per heavy atom. The lowest BCUT2D eigenvalue weighted by Gasteiger charge is -2.35. The molecular weight excluding hydrogens is 353 g/mol. The van der Waals surface area contributed by atoms with Crippen molar-refractivity contribution in [2.24, 2.45) is 0 Å². The van der Waals surface area contributed by atoms with Crippen LogP contribution in [-0.2, 0) is 12.6 Å². The maximum Gasteiger partial charge on any atom is 0.433 e. The number of rotatable bonds is 4. The zero-order valence-corrected chi connectivity index (χ0v) is 14.8. The molecule has 7 heteroatoms. The molecular formula is C20H21F3N4. The van der Waals surface area contributed by atoms with Crippen LogP contribution in [0.3, 0.4) is 0 Å². The van der Waals surface area contributed by atoms with Crippen molar-refractivity contribution in [3.8, 4) is 0 Å². The maximum atomic E-state index is 12.9. The Bertz CT molecular complexity index is 911. The molecule has 1 fully saturated rings. The third-order valence-electron chi connectivity index (χ3n) is 5.09. The summed E-state index contributed by atoms with van der Waals surface area (Å²) in [6.07, 6.45) is -1.39. The number of hydrogen-bond donors (Lipinski definition) is 1. The molecule has 27 heavy (non-hydrogen) atoms. The van der Waals surface area contributed by atoms with E-state index < -0.39 is 11.9 Å². The molecule has 1 N–H and O–H groups in total. The van der Waals surface area contributed by atoms with Crippen molar-refractivity contribution >= 4 is 16.7 Å². The summed E-state index contributed by atoms with van der Waals surface area (Å²) in [6.45, 7) is 3.94. The average molecular weight is 374 g/mol. The quantitative estimate of drug-likeness (QED) is 0.751. The van der Waals surface area contributed by atoms with Crippen molar-refractivity contribution < 1.29 is 13.2 Å². The molecule has 0 radical (unpaired) electrons. The second-order valence-corrected chi connectivity index (χ2v) is 6.82. The SMILES string of the molecule is FC(F)(F)c1cccc(N2CCN(CCc3c[nH]c4ccccc34)CC2)n1. The van der Waals surface area contributed by atoms with Crippen molar-refractivity contribution in [1.82, 2.24) is 14.9 Å². The van der Waals surface area contributed by atoms with Crippen LogP contribution in [0.25, 0.3) is 10.9 Å². The Morgan fingerprint density at radius 2 is 1.74 bits per heavy atom. The van der Waals surface area contributed by atoms with Crippen LogP contribution >= 0.6 is 0 Å². The van der Waals surface area contributed by atoms with Crippen LogP contribution in [0.1, 0.15) is 11.3 Å². The van der Waals surface area contributed by atoms with Crippen molar-refractivity contribution in [3.63, 3.8) is 0 Å². The van der Waals surface area contributed by atoms with E-state index in [1.807, 2.05) is 17.0 Å². The minimum Gasteiger partial charge on any atom is -0.361 e. The highest BCUT2D eigenvalue weighted by Crippen LogP contribution is 2.29. The normalized spacial score (nSPS) is 16.2. The van der Waals surface area contributed by atoms with Gasteiger partial charge in [-0.25, -0.2) is 4.98 Å². The minimum atomic E-state index is -4.41. The zero-order chi connectivity index (χ0) is 18.9. The number of anilines is 1. The predicted molar refractivity (Wildman–Crippen MR) is 99.9 cm³/mol. The lowest BCUT2D eigenvalue weighted by molar-refractivity contribution is -0.141. The van der Waals surface area contributed by atoms with E-state index in [0.717, 1.165) is 37.6 Å². The highest BCUT2D eigenvalue weighted by atomic mass is 19.4. The van der Waals surface area contributed by atoms with Gasteiger partial charge >= 0.3 is 6.18 Å². The average Bonchev–Trinajstić information content (AvgIpc) is 3.09. The summed E-state index contributed by atoms with van der Waals surface area (Å²) in [4.78, 5) is 11.4. The van der Waals surface area contributed by atoms with E-state index >= 15 is 0 Å². The first kappa shape index (κ1) is 17.9. The van der Waals surface area contributed by atoms with Crippen LogP contribution in [0.15, 0.2) is 48.7 Å². The number of fused-ring (bicyclic) bond motifs is 1. The summed E-state index contributed by atoms with van der Waals surface area (Å²) in [6, 6.07) is 12.3. The summed E-state index contributed by atoms with van der Waals surface area (Å²) in [5.74, 6) is 0.404. The van der Waals surface area contributed by atoms with Gasteiger partial charge in [0.2, 0.25) is 0 Å². The van der Waals surface area contributed by atoms with Gasteiger partial charge in [-0.05, 0) is 30.2 Å². The molecule has 0 amide bonds. The van der Waals surface area contributed by atoms with Gasteiger partial charge < -0.3 is 9.88 Å². The molecule has 0 saturated carbocycles. The Balaban J connectivity index is 1.34. The van der Waals surface area contributed by atoms with Gasteiger partial charge in [0, 0.05) is 49.8 Å². The molecule has 0 atom stereocenters. The fraction of sp³-hybridized carbons (Fsp3) is 0.350. The van der Waals surface area contributed by atoms with Gasteiger partial charge in [-0.2, -0.15) is 13.2 Å². The number of pyridine rings is 1. The van der Waals surface area contributed by atoms with Gasteiger partial charge in [0.15, 0.2) is 0 Å². The number of hydrogen-bond acceptors (Lipinski definition) is 3. The molecule has 0 bridgehead atoms. The Hall–Kier alpha value is -2.54. The summed E-state index contributed by atoms with van der Waals surface area (Å²) in [7, 11) is 0. The third kappa shape index (κ3) is 3.93. The molecule has 4 nitrogen and oxygen atoms in total. The van der Waals surface area contributed by atoms with Gasteiger partial charge in [-0.1, -0.05) is 24.3 Å². The van der Waals surface area contributed by atoms with Crippen molar-refractivity contribution in [3.05, 3.63) is 59.9 Å². The first-order valence-corrected chi connectivity index (χ1v) is 9.07. The highest BCUT2D eigenvalue weighted by molar-refractivity contribution is 5.83. The van der Waals surface area contributed by atoms with E-state index in [1.54, 1.807) is 6.07 Å². The van der Waals surface area contributed by atoms with Gasteiger partial charge in [-0.15, -0.1) is 0 Å². The second kappa shape index (κ2) is 7.23. The second-order valence-electron chi connectivity index (χ2n) is 6.82. The number of nitrogens with one attached hydrogen (secondary N) is 1. The lowest BCUT2D eigenvalue weighted by Crippen LogP contribution is -2.47. The van der Waals surface area contributed by atoms with E-state index in [1.165, 1.54) is 17.0 Å². The van der Waals surface area contributed by atoms with E-state index in [2.05, 4.69) is 33.2 Å². The molecule has 3 heterocycles. The molecule has 1 aromatic carbocycles. The zero-order valence-electron chi connectivity index (χ0n) is 14.8. The summed E-state index contributed by atoms with van der Waals surface area (Å²) in [5.41, 5.74) is 1.61. The van der Waals surface area contributed by atoms with Gasteiger partial charge in [0.05, 0.1) is 0 Å². The van der Waals surface area contributed by atoms with Crippen molar-refractivity contribution in [1.29, 1.82) is 0 Å². The molecule has 2 aromatic heterocycles. The molecule has 1 saturated heterocycles. The molecule has 1 aliphatic rings. The topological polar surface area (TPSA) is 35.2 Å². The Labute approximate surface area is 155 Å². The molecule has 0 spiro atoms. The van der Waals surface area contributed by atoms with Crippen molar-refractivity contribution in [2.45, 2.75) is 12.6 Å². The number of piperazine rings is 1. The van der Waals surface area contributed by atoms with Crippen LogP contribution in [-0.4, -0.2) is 47.6 Å². The monoisotopic (exact) mass is 374 g/mol. The molecule has 4 rings (SSSR count). The smallest absolute Gasteiger partial charge is 0.361 e. The number of H-pyrrole nitrogens is 1. The number of nitrogens with zero attached hydrogens (tertiary/aromatic N) is 3. The summed E-state index contributed by atoms with van der Waals surface area (Å²) >= 11 is 0. The van der Waals surface area contributed by atoms with Crippen LogP contribution in [0.5, 0.6) is 0 Å². The minimum absolute atomic E-state index is 0.404. The van der Waals surface area contributed by atoms with Crippen LogP contribution in [0.4, 0.5) is 19.0 Å². The third-order valence-corrected chi connectivity index (χ3v) is 5.09.